The first-order chi connectivity index (χ1) is 12.3. The van der Waals surface area contributed by atoms with E-state index in [1.807, 2.05) is 20.8 Å². The number of hydrogen-bond acceptors (Lipinski definition) is 5. The van der Waals surface area contributed by atoms with Crippen LogP contribution in [0.4, 0.5) is 14.7 Å². The third-order valence-corrected chi connectivity index (χ3v) is 3.62. The highest BCUT2D eigenvalue weighted by molar-refractivity contribution is 5.74. The van der Waals surface area contributed by atoms with Gasteiger partial charge in [-0.3, -0.25) is 9.78 Å². The van der Waals surface area contributed by atoms with Gasteiger partial charge in [0, 0.05) is 6.07 Å². The van der Waals surface area contributed by atoms with Crippen LogP contribution in [0.25, 0.3) is 11.0 Å². The van der Waals surface area contributed by atoms with Crippen molar-refractivity contribution < 1.29 is 13.5 Å². The summed E-state index contributed by atoms with van der Waals surface area (Å²) in [5.74, 6) is -1.22. The number of aromatic amines is 1. The highest BCUT2D eigenvalue weighted by Gasteiger charge is 2.19. The maximum Gasteiger partial charge on any atom is 0.263 e. The molecule has 1 aromatic carbocycles. The molecule has 9 heteroatoms. The second-order valence-corrected chi connectivity index (χ2v) is 6.73. The summed E-state index contributed by atoms with van der Waals surface area (Å²) in [5.41, 5.74) is -0.170. The Labute approximate surface area is 148 Å². The third kappa shape index (κ3) is 3.66. The number of benzene rings is 1. The summed E-state index contributed by atoms with van der Waals surface area (Å²) < 4.78 is 33.3. The zero-order valence-electron chi connectivity index (χ0n) is 14.6. The van der Waals surface area contributed by atoms with Crippen molar-refractivity contribution in [3.63, 3.8) is 0 Å². The topological polar surface area (TPSA) is 84.8 Å². The summed E-state index contributed by atoms with van der Waals surface area (Å²) >= 11 is 0. The van der Waals surface area contributed by atoms with Gasteiger partial charge < -0.3 is 10.1 Å². The van der Waals surface area contributed by atoms with Crippen LogP contribution in [0.5, 0.6) is 5.75 Å². The fourth-order valence-electron chi connectivity index (χ4n) is 2.42. The van der Waals surface area contributed by atoms with Crippen molar-refractivity contribution in [3.05, 3.63) is 46.4 Å². The van der Waals surface area contributed by atoms with Crippen molar-refractivity contribution in [3.8, 4) is 5.75 Å². The molecule has 2 heterocycles. The number of H-pyrrole nitrogens is 1. The Morgan fingerprint density at radius 1 is 1.31 bits per heavy atom. The Balaban J connectivity index is 1.70. The molecule has 0 radical (unpaired) electrons. The third-order valence-electron chi connectivity index (χ3n) is 3.62. The molecule has 3 aromatic rings. The smallest absolute Gasteiger partial charge is 0.263 e. The summed E-state index contributed by atoms with van der Waals surface area (Å²) in [5, 5.41) is 7.55. The summed E-state index contributed by atoms with van der Waals surface area (Å²) in [6.45, 7) is 6.24. The molecule has 0 saturated heterocycles. The van der Waals surface area contributed by atoms with Gasteiger partial charge in [0.15, 0.2) is 17.2 Å². The van der Waals surface area contributed by atoms with E-state index >= 15 is 0 Å². The van der Waals surface area contributed by atoms with Crippen LogP contribution < -0.4 is 15.6 Å². The lowest BCUT2D eigenvalue weighted by Gasteiger charge is -2.19. The maximum absolute atomic E-state index is 13.5. The molecule has 0 aliphatic carbocycles. The lowest BCUT2D eigenvalue weighted by molar-refractivity contribution is 0.313. The predicted octanol–water partition coefficient (Wildman–Crippen LogP) is 2.64. The highest BCUT2D eigenvalue weighted by Crippen LogP contribution is 2.19. The zero-order valence-corrected chi connectivity index (χ0v) is 14.6. The molecule has 0 amide bonds. The van der Waals surface area contributed by atoms with Crippen molar-refractivity contribution in [1.82, 2.24) is 19.7 Å². The van der Waals surface area contributed by atoms with E-state index in [0.29, 0.717) is 11.0 Å². The number of ether oxygens (including phenoxy) is 1. The number of rotatable bonds is 5. The van der Waals surface area contributed by atoms with E-state index in [1.165, 1.54) is 12.3 Å². The van der Waals surface area contributed by atoms with Crippen LogP contribution in [0.3, 0.4) is 0 Å². The fourth-order valence-corrected chi connectivity index (χ4v) is 2.42. The minimum absolute atomic E-state index is 0.0455. The molecule has 0 bridgehead atoms. The van der Waals surface area contributed by atoms with Crippen LogP contribution >= 0.6 is 0 Å². The molecule has 0 atom stereocenters. The van der Waals surface area contributed by atoms with Crippen LogP contribution in [0.2, 0.25) is 0 Å². The number of nitrogens with zero attached hydrogens (tertiary/aromatic N) is 3. The van der Waals surface area contributed by atoms with Gasteiger partial charge in [-0.1, -0.05) is 0 Å². The first kappa shape index (κ1) is 17.8. The number of hydrogen-bond donors (Lipinski definition) is 2. The van der Waals surface area contributed by atoms with E-state index in [1.54, 1.807) is 4.68 Å². The van der Waals surface area contributed by atoms with E-state index < -0.39 is 11.6 Å². The van der Waals surface area contributed by atoms with Crippen LogP contribution in [-0.4, -0.2) is 32.9 Å². The zero-order chi connectivity index (χ0) is 18.9. The SMILES string of the molecule is CC(C)(C)n1ncc2c(=O)[nH]c(NCCOc3ccc(F)cc3F)nc21. The second-order valence-electron chi connectivity index (χ2n) is 6.73. The molecule has 0 fully saturated rings. The van der Waals surface area contributed by atoms with Gasteiger partial charge >= 0.3 is 0 Å². The Morgan fingerprint density at radius 3 is 2.77 bits per heavy atom. The van der Waals surface area contributed by atoms with Crippen LogP contribution in [-0.2, 0) is 5.54 Å². The largest absolute Gasteiger partial charge is 0.489 e. The number of aromatic nitrogens is 4. The normalized spacial score (nSPS) is 11.7. The summed E-state index contributed by atoms with van der Waals surface area (Å²) in [4.78, 5) is 19.2. The molecular weight excluding hydrogens is 344 g/mol. The molecule has 0 saturated carbocycles. The van der Waals surface area contributed by atoms with E-state index in [9.17, 15) is 13.6 Å². The Bertz CT molecular complexity index is 991. The number of fused-ring (bicyclic) bond motifs is 1. The van der Waals surface area contributed by atoms with E-state index in [-0.39, 0.29) is 35.9 Å². The number of anilines is 1. The monoisotopic (exact) mass is 363 g/mol. The molecule has 0 unspecified atom stereocenters. The molecule has 0 aliphatic heterocycles. The molecule has 2 aromatic heterocycles. The second kappa shape index (κ2) is 6.74. The van der Waals surface area contributed by atoms with Crippen LogP contribution in [0.1, 0.15) is 20.8 Å². The standard InChI is InChI=1S/C17H19F2N5O2/c1-17(2,3)24-14-11(9-21-24)15(25)23-16(22-14)20-6-7-26-13-5-4-10(18)8-12(13)19/h4-5,8-9H,6-7H2,1-3H3,(H2,20,22,23,25). The van der Waals surface area contributed by atoms with Crippen LogP contribution in [0, 0.1) is 11.6 Å². The lowest BCUT2D eigenvalue weighted by atomic mass is 10.1. The summed E-state index contributed by atoms with van der Waals surface area (Å²) in [6.07, 6.45) is 1.48. The molecule has 0 spiro atoms. The molecule has 26 heavy (non-hydrogen) atoms. The van der Waals surface area contributed by atoms with Gasteiger partial charge in [-0.25, -0.2) is 13.5 Å². The van der Waals surface area contributed by atoms with Crippen LogP contribution in [0.15, 0.2) is 29.2 Å². The van der Waals surface area contributed by atoms with Gasteiger partial charge in [0.2, 0.25) is 5.95 Å². The van der Waals surface area contributed by atoms with Gasteiger partial charge in [0.1, 0.15) is 17.8 Å². The average Bonchev–Trinajstić information content (AvgIpc) is 2.98. The maximum atomic E-state index is 13.5. The van der Waals surface area contributed by atoms with E-state index in [4.69, 9.17) is 4.74 Å². The fraction of sp³-hybridized carbons (Fsp3) is 0.353. The number of halogens is 2. The van der Waals surface area contributed by atoms with Gasteiger partial charge in [-0.15, -0.1) is 0 Å². The molecule has 0 aliphatic rings. The first-order valence-corrected chi connectivity index (χ1v) is 8.06. The van der Waals surface area contributed by atoms with E-state index in [0.717, 1.165) is 12.1 Å². The van der Waals surface area contributed by atoms with Crippen molar-refractivity contribution in [2.24, 2.45) is 0 Å². The molecule has 2 N–H and O–H groups in total. The van der Waals surface area contributed by atoms with Gasteiger partial charge in [-0.2, -0.15) is 10.1 Å². The molecule has 7 nitrogen and oxygen atoms in total. The van der Waals surface area contributed by atoms with Crippen molar-refractivity contribution in [2.45, 2.75) is 26.3 Å². The van der Waals surface area contributed by atoms with Gasteiger partial charge in [0.05, 0.1) is 18.3 Å². The summed E-state index contributed by atoms with van der Waals surface area (Å²) in [7, 11) is 0. The number of nitrogens with one attached hydrogen (secondary N) is 2. The quantitative estimate of drug-likeness (QED) is 0.681. The molecular formula is C17H19F2N5O2. The first-order valence-electron chi connectivity index (χ1n) is 8.06. The molecule has 138 valence electrons. The van der Waals surface area contributed by atoms with E-state index in [2.05, 4.69) is 20.4 Å². The average molecular weight is 363 g/mol. The highest BCUT2D eigenvalue weighted by atomic mass is 19.1. The van der Waals surface area contributed by atoms with Crippen molar-refractivity contribution >= 4 is 17.0 Å². The van der Waals surface area contributed by atoms with Crippen molar-refractivity contribution in [1.29, 1.82) is 0 Å². The Morgan fingerprint density at radius 2 is 2.08 bits per heavy atom. The summed E-state index contributed by atoms with van der Waals surface area (Å²) in [6, 6.07) is 3.09. The minimum atomic E-state index is -0.771. The predicted molar refractivity (Wildman–Crippen MR) is 93.5 cm³/mol. The Kier molecular flexibility index (Phi) is 4.62. The minimum Gasteiger partial charge on any atom is -0.489 e. The van der Waals surface area contributed by atoms with Crippen molar-refractivity contribution in [2.75, 3.05) is 18.5 Å². The lowest BCUT2D eigenvalue weighted by Crippen LogP contribution is -2.24. The Hall–Kier alpha value is -2.97. The van der Waals surface area contributed by atoms with Gasteiger partial charge in [0.25, 0.3) is 5.56 Å². The van der Waals surface area contributed by atoms with Gasteiger partial charge in [-0.05, 0) is 32.9 Å². The molecule has 3 rings (SSSR count).